The van der Waals surface area contributed by atoms with E-state index in [9.17, 15) is 4.79 Å². The van der Waals surface area contributed by atoms with E-state index in [0.717, 1.165) is 23.5 Å². The van der Waals surface area contributed by atoms with Crippen molar-refractivity contribution in [1.82, 2.24) is 19.7 Å². The molecule has 0 saturated heterocycles. The number of hydrogen-bond donors (Lipinski definition) is 2. The Balaban J connectivity index is 1.36. The Labute approximate surface area is 179 Å². The topological polar surface area (TPSA) is 94.0 Å². The first-order valence-corrected chi connectivity index (χ1v) is 9.90. The van der Waals surface area contributed by atoms with E-state index in [4.69, 9.17) is 4.74 Å². The molecule has 2 aromatic heterocycles. The number of ether oxygens (including phenoxy) is 1. The molecule has 0 aliphatic carbocycles. The zero-order valence-electron chi connectivity index (χ0n) is 17.2. The van der Waals surface area contributed by atoms with E-state index in [-0.39, 0.29) is 6.03 Å². The molecule has 4 rings (SSSR count). The lowest BCUT2D eigenvalue weighted by Gasteiger charge is -2.11. The van der Waals surface area contributed by atoms with Crippen molar-refractivity contribution in [2.24, 2.45) is 0 Å². The molecule has 8 nitrogen and oxygen atoms in total. The number of hydrogen-bond acceptors (Lipinski definition) is 5. The van der Waals surface area contributed by atoms with Gasteiger partial charge in [0.25, 0.3) is 0 Å². The molecule has 2 amide bonds. The van der Waals surface area contributed by atoms with Crippen LogP contribution in [0.5, 0.6) is 11.6 Å². The van der Waals surface area contributed by atoms with Crippen molar-refractivity contribution in [2.75, 3.05) is 10.6 Å². The normalized spacial score (nSPS) is 10.5. The van der Waals surface area contributed by atoms with Gasteiger partial charge in [-0.25, -0.2) is 9.78 Å². The number of amides is 2. The van der Waals surface area contributed by atoms with Crippen molar-refractivity contribution < 1.29 is 9.53 Å². The number of nitrogens with one attached hydrogen (secondary N) is 2. The first-order chi connectivity index (χ1) is 15.1. The van der Waals surface area contributed by atoms with E-state index in [1.807, 2.05) is 54.9 Å². The Kier molecular flexibility index (Phi) is 5.89. The number of carbonyl (C=O) groups is 1. The molecule has 0 aliphatic rings. The summed E-state index contributed by atoms with van der Waals surface area (Å²) in [5.41, 5.74) is 2.53. The van der Waals surface area contributed by atoms with Gasteiger partial charge in [0.1, 0.15) is 11.6 Å². The lowest BCUT2D eigenvalue weighted by Crippen LogP contribution is -2.20. The van der Waals surface area contributed by atoms with Gasteiger partial charge in [0, 0.05) is 29.8 Å². The highest BCUT2D eigenvalue weighted by atomic mass is 16.5. The van der Waals surface area contributed by atoms with E-state index in [0.29, 0.717) is 23.1 Å². The van der Waals surface area contributed by atoms with Crippen molar-refractivity contribution in [3.05, 3.63) is 84.4 Å². The highest BCUT2D eigenvalue weighted by Gasteiger charge is 2.07. The highest BCUT2D eigenvalue weighted by molar-refractivity contribution is 6.00. The molecule has 0 unspecified atom stereocenters. The zero-order valence-corrected chi connectivity index (χ0v) is 17.2. The Morgan fingerprint density at radius 3 is 2.48 bits per heavy atom. The van der Waals surface area contributed by atoms with Crippen LogP contribution in [0.3, 0.4) is 0 Å². The van der Waals surface area contributed by atoms with Gasteiger partial charge < -0.3 is 15.4 Å². The van der Waals surface area contributed by atoms with Gasteiger partial charge in [-0.2, -0.15) is 0 Å². The summed E-state index contributed by atoms with van der Waals surface area (Å²) < 4.78 is 7.57. The van der Waals surface area contributed by atoms with Crippen LogP contribution in [0.15, 0.2) is 73.1 Å². The van der Waals surface area contributed by atoms with Crippen molar-refractivity contribution >= 4 is 17.4 Å². The molecule has 0 spiro atoms. The van der Waals surface area contributed by atoms with Gasteiger partial charge in [-0.3, -0.25) is 4.57 Å². The number of urea groups is 1. The predicted molar refractivity (Wildman–Crippen MR) is 119 cm³/mol. The molecule has 0 radical (unpaired) electrons. The average Bonchev–Trinajstić information content (AvgIpc) is 3.22. The number of rotatable bonds is 6. The fourth-order valence-corrected chi connectivity index (χ4v) is 3.08. The molecule has 31 heavy (non-hydrogen) atoms. The maximum atomic E-state index is 12.3. The summed E-state index contributed by atoms with van der Waals surface area (Å²) in [7, 11) is 0. The fraction of sp³-hybridized carbons (Fsp3) is 0.130. The van der Waals surface area contributed by atoms with Crippen molar-refractivity contribution in [3.8, 4) is 17.4 Å². The number of aryl methyl sites for hydroxylation is 2. The lowest BCUT2D eigenvalue weighted by molar-refractivity contribution is 0.262. The van der Waals surface area contributed by atoms with Crippen LogP contribution in [0, 0.1) is 6.92 Å². The second kappa shape index (κ2) is 9.08. The predicted octanol–water partition coefficient (Wildman–Crippen LogP) is 4.97. The van der Waals surface area contributed by atoms with Gasteiger partial charge in [-0.15, -0.1) is 10.2 Å². The molecular formula is C23H22N6O2. The molecule has 0 aliphatic heterocycles. The van der Waals surface area contributed by atoms with Gasteiger partial charge in [0.15, 0.2) is 5.82 Å². The van der Waals surface area contributed by atoms with Crippen LogP contribution in [-0.4, -0.2) is 25.8 Å². The first kappa shape index (κ1) is 20.1. The minimum atomic E-state index is -0.300. The molecule has 4 aromatic rings. The van der Waals surface area contributed by atoms with E-state index < -0.39 is 0 Å². The van der Waals surface area contributed by atoms with Gasteiger partial charge in [-0.1, -0.05) is 25.1 Å². The monoisotopic (exact) mass is 414 g/mol. The van der Waals surface area contributed by atoms with Crippen LogP contribution < -0.4 is 15.4 Å². The Morgan fingerprint density at radius 1 is 1.00 bits per heavy atom. The Hall–Kier alpha value is -4.20. The van der Waals surface area contributed by atoms with Crippen LogP contribution in [-0.2, 0) is 6.42 Å². The van der Waals surface area contributed by atoms with Crippen LogP contribution >= 0.6 is 0 Å². The summed E-state index contributed by atoms with van der Waals surface area (Å²) in [5, 5.41) is 14.0. The number of nitrogens with zero attached hydrogens (tertiary/aromatic N) is 4. The maximum Gasteiger partial charge on any atom is 0.323 e. The molecular weight excluding hydrogens is 392 g/mol. The number of para-hydroxylation sites is 1. The van der Waals surface area contributed by atoms with Crippen molar-refractivity contribution in [3.63, 3.8) is 0 Å². The molecule has 2 aromatic carbocycles. The van der Waals surface area contributed by atoms with Crippen LogP contribution in [0.2, 0.25) is 0 Å². The summed E-state index contributed by atoms with van der Waals surface area (Å²) >= 11 is 0. The second-order valence-corrected chi connectivity index (χ2v) is 6.79. The third-order valence-corrected chi connectivity index (χ3v) is 4.68. The summed E-state index contributed by atoms with van der Waals surface area (Å²) in [6, 6.07) is 18.0. The number of aromatic nitrogens is 4. The molecule has 8 heteroatoms. The van der Waals surface area contributed by atoms with Gasteiger partial charge >= 0.3 is 6.03 Å². The smallest absolute Gasteiger partial charge is 0.323 e. The Bertz CT molecular complexity index is 1170. The summed E-state index contributed by atoms with van der Waals surface area (Å²) in [5.74, 6) is 2.45. The summed E-state index contributed by atoms with van der Waals surface area (Å²) in [6.07, 6.45) is 4.37. The minimum Gasteiger partial charge on any atom is -0.438 e. The molecule has 0 fully saturated rings. The van der Waals surface area contributed by atoms with Crippen LogP contribution in [0.25, 0.3) is 5.82 Å². The SMILES string of the molecule is CCc1ccccc1NC(=O)Nc1ccc(Oc2ccc(-n3ccnc3C)nn2)cc1. The summed E-state index contributed by atoms with van der Waals surface area (Å²) in [6.45, 7) is 3.94. The number of benzene rings is 2. The highest BCUT2D eigenvalue weighted by Crippen LogP contribution is 2.22. The van der Waals surface area contributed by atoms with E-state index in [2.05, 4.69) is 25.8 Å². The first-order valence-electron chi connectivity index (χ1n) is 9.90. The molecule has 2 heterocycles. The number of anilines is 2. The number of imidazole rings is 1. The largest absolute Gasteiger partial charge is 0.438 e. The van der Waals surface area contributed by atoms with E-state index >= 15 is 0 Å². The van der Waals surface area contributed by atoms with Crippen LogP contribution in [0.1, 0.15) is 18.3 Å². The van der Waals surface area contributed by atoms with Crippen molar-refractivity contribution in [2.45, 2.75) is 20.3 Å². The number of carbonyl (C=O) groups excluding carboxylic acids is 1. The van der Waals surface area contributed by atoms with Gasteiger partial charge in [0.2, 0.25) is 5.88 Å². The average molecular weight is 414 g/mol. The third kappa shape index (κ3) is 4.87. The van der Waals surface area contributed by atoms with E-state index in [1.54, 1.807) is 36.5 Å². The minimum absolute atomic E-state index is 0.300. The standard InChI is InChI=1S/C23H22N6O2/c1-3-17-6-4-5-7-20(17)26-23(30)25-18-8-10-19(11-9-18)31-22-13-12-21(27-28-22)29-15-14-24-16(29)2/h4-15H,3H2,1-2H3,(H2,25,26,30). The summed E-state index contributed by atoms with van der Waals surface area (Å²) in [4.78, 5) is 16.5. The molecule has 0 atom stereocenters. The fourth-order valence-electron chi connectivity index (χ4n) is 3.08. The van der Waals surface area contributed by atoms with Gasteiger partial charge in [0.05, 0.1) is 0 Å². The quantitative estimate of drug-likeness (QED) is 0.465. The molecule has 156 valence electrons. The molecule has 0 saturated carbocycles. The maximum absolute atomic E-state index is 12.3. The zero-order chi connectivity index (χ0) is 21.6. The van der Waals surface area contributed by atoms with E-state index in [1.165, 1.54) is 0 Å². The van der Waals surface area contributed by atoms with Gasteiger partial charge in [-0.05, 0) is 55.3 Å². The Morgan fingerprint density at radius 2 is 1.81 bits per heavy atom. The van der Waals surface area contributed by atoms with Crippen LogP contribution in [0.4, 0.5) is 16.2 Å². The third-order valence-electron chi connectivity index (χ3n) is 4.68. The molecule has 0 bridgehead atoms. The lowest BCUT2D eigenvalue weighted by atomic mass is 10.1. The molecule has 2 N–H and O–H groups in total. The van der Waals surface area contributed by atoms with Crippen molar-refractivity contribution in [1.29, 1.82) is 0 Å². The second-order valence-electron chi connectivity index (χ2n) is 6.79.